The second-order valence-corrected chi connectivity index (χ2v) is 4.13. The van der Waals surface area contributed by atoms with Gasteiger partial charge >= 0.3 is 0 Å². The minimum atomic E-state index is 0.342. The summed E-state index contributed by atoms with van der Waals surface area (Å²) in [7, 11) is 0. The van der Waals surface area contributed by atoms with Crippen LogP contribution in [-0.2, 0) is 6.61 Å². The Kier molecular flexibility index (Phi) is 4.54. The van der Waals surface area contributed by atoms with Crippen molar-refractivity contribution in [2.24, 2.45) is 5.73 Å². The number of ether oxygens (including phenoxy) is 1. The van der Waals surface area contributed by atoms with Crippen LogP contribution in [0.4, 0.5) is 0 Å². The topological polar surface area (TPSA) is 48.1 Å². The molecule has 2 aromatic rings. The Bertz CT molecular complexity index is 611. The number of rotatable bonds is 3. The van der Waals surface area contributed by atoms with Crippen LogP contribution in [0.25, 0.3) is 0 Å². The van der Waals surface area contributed by atoms with Crippen LogP contribution in [0.5, 0.6) is 5.75 Å². The van der Waals surface area contributed by atoms with E-state index in [0.717, 1.165) is 5.56 Å². The molecule has 2 rings (SSSR count). The van der Waals surface area contributed by atoms with Crippen molar-refractivity contribution in [3.63, 3.8) is 0 Å². The highest BCUT2D eigenvalue weighted by Crippen LogP contribution is 2.14. The van der Waals surface area contributed by atoms with E-state index < -0.39 is 0 Å². The van der Waals surface area contributed by atoms with Crippen molar-refractivity contribution in [1.82, 2.24) is 4.98 Å². The highest BCUT2D eigenvalue weighted by Gasteiger charge is 2.00. The average molecular weight is 252 g/mol. The number of nitrogens with zero attached hydrogens (tertiary/aromatic N) is 1. The van der Waals surface area contributed by atoms with Crippen molar-refractivity contribution < 1.29 is 4.74 Å². The van der Waals surface area contributed by atoms with Gasteiger partial charge in [0.2, 0.25) is 0 Å². The van der Waals surface area contributed by atoms with Gasteiger partial charge in [0.25, 0.3) is 0 Å². The van der Waals surface area contributed by atoms with E-state index in [9.17, 15) is 0 Å². The molecule has 2 N–H and O–H groups in total. The molecule has 0 aliphatic rings. The van der Waals surface area contributed by atoms with E-state index >= 15 is 0 Å². The van der Waals surface area contributed by atoms with Crippen LogP contribution in [0.2, 0.25) is 0 Å². The Labute approximate surface area is 113 Å². The quantitative estimate of drug-likeness (QED) is 0.852. The third kappa shape index (κ3) is 3.84. The van der Waals surface area contributed by atoms with Crippen molar-refractivity contribution in [2.45, 2.75) is 13.5 Å². The van der Waals surface area contributed by atoms with Crippen molar-refractivity contribution in [3.05, 3.63) is 59.4 Å². The van der Waals surface area contributed by atoms with Gasteiger partial charge in [0.05, 0.1) is 12.7 Å². The lowest BCUT2D eigenvalue weighted by Gasteiger charge is -2.08. The fourth-order valence-corrected chi connectivity index (χ4v) is 1.65. The Hall–Kier alpha value is -2.31. The number of nitrogens with two attached hydrogens (primary N) is 1. The minimum absolute atomic E-state index is 0.342. The van der Waals surface area contributed by atoms with Gasteiger partial charge in [-0.3, -0.25) is 4.98 Å². The van der Waals surface area contributed by atoms with E-state index in [1.165, 1.54) is 11.1 Å². The van der Waals surface area contributed by atoms with Crippen molar-refractivity contribution >= 4 is 0 Å². The predicted octanol–water partition coefficient (Wildman–Crippen LogP) is 2.28. The molecule has 0 aliphatic heterocycles. The summed E-state index contributed by atoms with van der Waals surface area (Å²) in [6.07, 6.45) is 3.38. The predicted molar refractivity (Wildman–Crippen MR) is 75.7 cm³/mol. The van der Waals surface area contributed by atoms with Crippen LogP contribution in [0.1, 0.15) is 16.7 Å². The van der Waals surface area contributed by atoms with E-state index in [0.29, 0.717) is 18.9 Å². The van der Waals surface area contributed by atoms with Gasteiger partial charge in [-0.25, -0.2) is 0 Å². The molecule has 3 nitrogen and oxygen atoms in total. The van der Waals surface area contributed by atoms with Crippen LogP contribution in [0.15, 0.2) is 42.7 Å². The first-order valence-electron chi connectivity index (χ1n) is 6.11. The molecule has 0 fully saturated rings. The maximum atomic E-state index is 5.73. The Morgan fingerprint density at radius 2 is 2.11 bits per heavy atom. The van der Waals surface area contributed by atoms with E-state index in [1.807, 2.05) is 18.2 Å². The van der Waals surface area contributed by atoms with Crippen LogP contribution in [0, 0.1) is 18.8 Å². The molecule has 0 atom stereocenters. The van der Waals surface area contributed by atoms with Gasteiger partial charge in [0.1, 0.15) is 12.4 Å². The molecular weight excluding hydrogens is 236 g/mol. The van der Waals surface area contributed by atoms with Crippen molar-refractivity contribution in [2.75, 3.05) is 6.54 Å². The maximum absolute atomic E-state index is 5.73. The lowest BCUT2D eigenvalue weighted by molar-refractivity contribution is 0.304. The second kappa shape index (κ2) is 6.58. The molecule has 0 spiro atoms. The molecule has 0 saturated heterocycles. The first kappa shape index (κ1) is 13.1. The summed E-state index contributed by atoms with van der Waals surface area (Å²) in [6, 6.07) is 10.0. The summed E-state index contributed by atoms with van der Waals surface area (Å²) in [5.41, 5.74) is 8.54. The number of aryl methyl sites for hydroxylation is 1. The molecule has 19 heavy (non-hydrogen) atoms. The van der Waals surface area contributed by atoms with E-state index in [-0.39, 0.29) is 0 Å². The van der Waals surface area contributed by atoms with Gasteiger partial charge in [0.15, 0.2) is 0 Å². The number of hydrogen-bond acceptors (Lipinski definition) is 3. The number of pyridine rings is 1. The van der Waals surface area contributed by atoms with Crippen molar-refractivity contribution in [3.8, 4) is 17.6 Å². The molecule has 1 aromatic heterocycles. The SMILES string of the molecule is Cc1ccccc1COc1cncc(C#CCN)c1. The van der Waals surface area contributed by atoms with Gasteiger partial charge in [-0.05, 0) is 24.1 Å². The zero-order valence-electron chi connectivity index (χ0n) is 10.9. The third-order valence-corrected chi connectivity index (χ3v) is 2.70. The lowest BCUT2D eigenvalue weighted by atomic mass is 10.1. The molecular formula is C16H16N2O. The van der Waals surface area contributed by atoms with Gasteiger partial charge in [-0.1, -0.05) is 36.1 Å². The summed E-state index contributed by atoms with van der Waals surface area (Å²) in [6.45, 7) is 2.94. The van der Waals surface area contributed by atoms with E-state index in [1.54, 1.807) is 12.4 Å². The van der Waals surface area contributed by atoms with Crippen LogP contribution >= 0.6 is 0 Å². The number of hydrogen-bond donors (Lipinski definition) is 1. The monoisotopic (exact) mass is 252 g/mol. The molecule has 3 heteroatoms. The third-order valence-electron chi connectivity index (χ3n) is 2.70. The summed E-state index contributed by atoms with van der Waals surface area (Å²) in [5.74, 6) is 6.45. The molecule has 96 valence electrons. The van der Waals surface area contributed by atoms with Crippen LogP contribution in [0.3, 0.4) is 0 Å². The molecule has 0 amide bonds. The van der Waals surface area contributed by atoms with E-state index in [4.69, 9.17) is 10.5 Å². The Morgan fingerprint density at radius 3 is 2.89 bits per heavy atom. The average Bonchev–Trinajstić information content (AvgIpc) is 2.45. The van der Waals surface area contributed by atoms with Gasteiger partial charge in [0, 0.05) is 11.8 Å². The highest BCUT2D eigenvalue weighted by molar-refractivity contribution is 5.37. The maximum Gasteiger partial charge on any atom is 0.139 e. The molecule has 0 aliphatic carbocycles. The lowest BCUT2D eigenvalue weighted by Crippen LogP contribution is -1.98. The standard InChI is InChI=1S/C16H16N2O/c1-13-5-2-3-7-15(13)12-19-16-9-14(6-4-8-17)10-18-11-16/h2-3,5,7,9-11H,8,12,17H2,1H3. The zero-order valence-corrected chi connectivity index (χ0v) is 10.9. The fourth-order valence-electron chi connectivity index (χ4n) is 1.65. The Morgan fingerprint density at radius 1 is 1.26 bits per heavy atom. The van der Waals surface area contributed by atoms with Gasteiger partial charge in [-0.2, -0.15) is 0 Å². The number of benzene rings is 1. The summed E-state index contributed by atoms with van der Waals surface area (Å²) >= 11 is 0. The van der Waals surface area contributed by atoms with Crippen LogP contribution < -0.4 is 10.5 Å². The zero-order chi connectivity index (χ0) is 13.5. The van der Waals surface area contributed by atoms with Gasteiger partial charge < -0.3 is 10.5 Å². The molecule has 0 unspecified atom stereocenters. The molecule has 1 heterocycles. The summed E-state index contributed by atoms with van der Waals surface area (Å²) in [4.78, 5) is 4.10. The minimum Gasteiger partial charge on any atom is -0.487 e. The highest BCUT2D eigenvalue weighted by atomic mass is 16.5. The Balaban J connectivity index is 2.06. The largest absolute Gasteiger partial charge is 0.487 e. The molecule has 0 bridgehead atoms. The van der Waals surface area contributed by atoms with Crippen molar-refractivity contribution in [1.29, 1.82) is 0 Å². The first-order chi connectivity index (χ1) is 9.29. The molecule has 1 aromatic carbocycles. The fraction of sp³-hybridized carbons (Fsp3) is 0.188. The molecule has 0 radical (unpaired) electrons. The van der Waals surface area contributed by atoms with E-state index in [2.05, 4.69) is 35.9 Å². The first-order valence-corrected chi connectivity index (χ1v) is 6.11. The normalized spacial score (nSPS) is 9.58. The number of aromatic nitrogens is 1. The van der Waals surface area contributed by atoms with Crippen LogP contribution in [-0.4, -0.2) is 11.5 Å². The summed E-state index contributed by atoms with van der Waals surface area (Å²) in [5, 5.41) is 0. The second-order valence-electron chi connectivity index (χ2n) is 4.13. The van der Waals surface area contributed by atoms with Gasteiger partial charge in [-0.15, -0.1) is 0 Å². The summed E-state index contributed by atoms with van der Waals surface area (Å²) < 4.78 is 5.73. The smallest absolute Gasteiger partial charge is 0.139 e. The molecule has 0 saturated carbocycles.